The number of morpholine rings is 1. The molecule has 26 heavy (non-hydrogen) atoms. The summed E-state index contributed by atoms with van der Waals surface area (Å²) >= 11 is 0. The highest BCUT2D eigenvalue weighted by Gasteiger charge is 2.42. The first-order chi connectivity index (χ1) is 12.3. The first-order valence-electron chi connectivity index (χ1n) is 8.64. The van der Waals surface area contributed by atoms with E-state index >= 15 is 0 Å². The molecular formula is C18H26N4O3S. The van der Waals surface area contributed by atoms with Crippen molar-refractivity contribution in [2.75, 3.05) is 33.8 Å². The van der Waals surface area contributed by atoms with Crippen LogP contribution in [0.5, 0.6) is 0 Å². The molecule has 142 valence electrons. The number of hydrogen-bond acceptors (Lipinski definition) is 5. The summed E-state index contributed by atoms with van der Waals surface area (Å²) in [4.78, 5) is 2.28. The molecule has 0 aliphatic carbocycles. The van der Waals surface area contributed by atoms with Crippen molar-refractivity contribution in [3.63, 3.8) is 0 Å². The molecule has 1 aliphatic rings. The summed E-state index contributed by atoms with van der Waals surface area (Å²) in [5, 5.41) is 4.11. The number of aromatic nitrogens is 2. The van der Waals surface area contributed by atoms with Crippen LogP contribution in [-0.4, -0.2) is 67.3 Å². The first-order valence-corrected chi connectivity index (χ1v) is 10.1. The SMILES string of the molecule is Cc1c(S(=O)(=O)N2CCO[C@@H](CN(C)C)[C@@H]2c2ccccc2)cnn1C. The molecule has 1 saturated heterocycles. The highest BCUT2D eigenvalue weighted by molar-refractivity contribution is 7.89. The van der Waals surface area contributed by atoms with Crippen LogP contribution in [0.15, 0.2) is 41.4 Å². The average Bonchev–Trinajstić information content (AvgIpc) is 2.95. The van der Waals surface area contributed by atoms with Crippen molar-refractivity contribution in [2.24, 2.45) is 7.05 Å². The summed E-state index contributed by atoms with van der Waals surface area (Å²) < 4.78 is 36.0. The van der Waals surface area contributed by atoms with Crippen molar-refractivity contribution in [2.45, 2.75) is 24.0 Å². The number of aryl methyl sites for hydroxylation is 1. The van der Waals surface area contributed by atoms with E-state index in [2.05, 4.69) is 5.10 Å². The van der Waals surface area contributed by atoms with Crippen LogP contribution in [-0.2, 0) is 21.8 Å². The van der Waals surface area contributed by atoms with Crippen molar-refractivity contribution in [1.82, 2.24) is 19.0 Å². The first kappa shape index (κ1) is 19.0. The van der Waals surface area contributed by atoms with Gasteiger partial charge in [0, 0.05) is 20.1 Å². The fourth-order valence-electron chi connectivity index (χ4n) is 3.38. The Kier molecular flexibility index (Phi) is 5.47. The third-order valence-electron chi connectivity index (χ3n) is 4.77. The Morgan fingerprint density at radius 3 is 2.54 bits per heavy atom. The van der Waals surface area contributed by atoms with Crippen molar-refractivity contribution in [3.05, 3.63) is 47.8 Å². The summed E-state index contributed by atoms with van der Waals surface area (Å²) in [7, 11) is 1.99. The van der Waals surface area contributed by atoms with Gasteiger partial charge in [0.2, 0.25) is 10.0 Å². The van der Waals surface area contributed by atoms with Crippen LogP contribution in [0.25, 0.3) is 0 Å². The molecule has 7 nitrogen and oxygen atoms in total. The molecule has 1 aromatic heterocycles. The highest BCUT2D eigenvalue weighted by atomic mass is 32.2. The minimum atomic E-state index is -3.69. The van der Waals surface area contributed by atoms with Gasteiger partial charge in [0.05, 0.1) is 30.6 Å². The highest BCUT2D eigenvalue weighted by Crippen LogP contribution is 2.35. The molecule has 3 rings (SSSR count). The van der Waals surface area contributed by atoms with Crippen LogP contribution >= 0.6 is 0 Å². The van der Waals surface area contributed by atoms with Crippen molar-refractivity contribution >= 4 is 10.0 Å². The van der Waals surface area contributed by atoms with Gasteiger partial charge >= 0.3 is 0 Å². The van der Waals surface area contributed by atoms with Crippen LogP contribution in [0.3, 0.4) is 0 Å². The van der Waals surface area contributed by atoms with E-state index in [-0.39, 0.29) is 17.0 Å². The topological polar surface area (TPSA) is 67.7 Å². The van der Waals surface area contributed by atoms with Gasteiger partial charge in [0.1, 0.15) is 4.90 Å². The second-order valence-electron chi connectivity index (χ2n) is 6.86. The largest absolute Gasteiger partial charge is 0.373 e. The summed E-state index contributed by atoms with van der Waals surface area (Å²) in [6.45, 7) is 3.10. The number of sulfonamides is 1. The Labute approximate surface area is 155 Å². The Morgan fingerprint density at radius 2 is 1.96 bits per heavy atom. The second-order valence-corrected chi connectivity index (χ2v) is 8.72. The maximum Gasteiger partial charge on any atom is 0.247 e. The van der Waals surface area contributed by atoms with E-state index < -0.39 is 10.0 Å². The van der Waals surface area contributed by atoms with Crippen molar-refractivity contribution in [3.8, 4) is 0 Å². The van der Waals surface area contributed by atoms with Gasteiger partial charge in [-0.1, -0.05) is 30.3 Å². The Morgan fingerprint density at radius 1 is 1.27 bits per heavy atom. The van der Waals surface area contributed by atoms with E-state index in [0.29, 0.717) is 25.4 Å². The van der Waals surface area contributed by atoms with E-state index in [1.54, 1.807) is 23.0 Å². The van der Waals surface area contributed by atoms with Gasteiger partial charge in [0.15, 0.2) is 0 Å². The van der Waals surface area contributed by atoms with Crippen LogP contribution in [0.2, 0.25) is 0 Å². The second kappa shape index (κ2) is 7.48. The van der Waals surface area contributed by atoms with Gasteiger partial charge in [0.25, 0.3) is 0 Å². The maximum atomic E-state index is 13.4. The standard InChI is InChI=1S/C18H26N4O3S/c1-14-17(12-19-21(14)4)26(23,24)22-10-11-25-16(13-20(2)3)18(22)15-8-6-5-7-9-15/h5-9,12,16,18H,10-11,13H2,1-4H3/t16-,18-/m0/s1. The number of likely N-dealkylation sites (N-methyl/N-ethyl adjacent to an activating group) is 1. The molecule has 0 amide bonds. The number of ether oxygens (including phenoxy) is 1. The number of nitrogens with zero attached hydrogens (tertiary/aromatic N) is 4. The Bertz CT molecular complexity index is 849. The summed E-state index contributed by atoms with van der Waals surface area (Å²) in [6, 6.07) is 9.32. The molecule has 0 radical (unpaired) electrons. The van der Waals surface area contributed by atoms with E-state index in [9.17, 15) is 8.42 Å². The monoisotopic (exact) mass is 378 g/mol. The lowest BCUT2D eigenvalue weighted by molar-refractivity contribution is -0.0514. The van der Waals surface area contributed by atoms with Gasteiger partial charge in [-0.2, -0.15) is 9.40 Å². The molecule has 0 N–H and O–H groups in total. The van der Waals surface area contributed by atoms with Crippen LogP contribution < -0.4 is 0 Å². The minimum absolute atomic E-state index is 0.243. The summed E-state index contributed by atoms with van der Waals surface area (Å²) in [5.74, 6) is 0. The molecular weight excluding hydrogens is 352 g/mol. The average molecular weight is 378 g/mol. The number of benzene rings is 1. The maximum absolute atomic E-state index is 13.4. The molecule has 0 saturated carbocycles. The Balaban J connectivity index is 2.06. The van der Waals surface area contributed by atoms with Gasteiger partial charge in [-0.25, -0.2) is 8.42 Å². The van der Waals surface area contributed by atoms with Crippen molar-refractivity contribution in [1.29, 1.82) is 0 Å². The zero-order valence-electron chi connectivity index (χ0n) is 15.7. The quantitative estimate of drug-likeness (QED) is 0.787. The summed E-state index contributed by atoms with van der Waals surface area (Å²) in [6.07, 6.45) is 1.19. The molecule has 0 spiro atoms. The van der Waals surface area contributed by atoms with Crippen molar-refractivity contribution < 1.29 is 13.2 Å². The van der Waals surface area contributed by atoms with E-state index in [1.807, 2.05) is 49.3 Å². The predicted octanol–water partition coefficient (Wildman–Crippen LogP) is 1.42. The van der Waals surface area contributed by atoms with Gasteiger partial charge in [-0.3, -0.25) is 4.68 Å². The molecule has 0 unspecified atom stereocenters. The zero-order chi connectivity index (χ0) is 18.9. The Hall–Kier alpha value is -1.74. The molecule has 0 bridgehead atoms. The van der Waals surface area contributed by atoms with E-state index in [4.69, 9.17) is 4.74 Å². The smallest absolute Gasteiger partial charge is 0.247 e. The molecule has 1 fully saturated rings. The number of hydrogen-bond donors (Lipinski definition) is 0. The number of rotatable bonds is 5. The molecule has 2 atom stereocenters. The van der Waals surface area contributed by atoms with E-state index in [0.717, 1.165) is 5.56 Å². The van der Waals surface area contributed by atoms with Crippen LogP contribution in [0, 0.1) is 6.92 Å². The zero-order valence-corrected chi connectivity index (χ0v) is 16.5. The van der Waals surface area contributed by atoms with Crippen LogP contribution in [0.1, 0.15) is 17.3 Å². The van der Waals surface area contributed by atoms with E-state index in [1.165, 1.54) is 6.20 Å². The molecule has 2 aromatic rings. The van der Waals surface area contributed by atoms with Crippen LogP contribution in [0.4, 0.5) is 0 Å². The lowest BCUT2D eigenvalue weighted by atomic mass is 9.99. The molecule has 1 aliphatic heterocycles. The lowest BCUT2D eigenvalue weighted by Gasteiger charge is -2.41. The van der Waals surface area contributed by atoms with Gasteiger partial charge < -0.3 is 9.64 Å². The molecule has 2 heterocycles. The fraction of sp³-hybridized carbons (Fsp3) is 0.500. The molecule has 8 heteroatoms. The lowest BCUT2D eigenvalue weighted by Crippen LogP contribution is -2.51. The predicted molar refractivity (Wildman–Crippen MR) is 99.3 cm³/mol. The van der Waals surface area contributed by atoms with Gasteiger partial charge in [-0.15, -0.1) is 0 Å². The normalized spacial score (nSPS) is 22.0. The third-order valence-corrected chi connectivity index (χ3v) is 6.75. The minimum Gasteiger partial charge on any atom is -0.373 e. The molecule has 1 aromatic carbocycles. The summed E-state index contributed by atoms with van der Waals surface area (Å²) in [5.41, 5.74) is 1.57. The fourth-order valence-corrected chi connectivity index (χ4v) is 5.19. The third kappa shape index (κ3) is 3.55. The van der Waals surface area contributed by atoms with Gasteiger partial charge in [-0.05, 0) is 26.6 Å².